The number of ether oxygens (including phenoxy) is 1. The summed E-state index contributed by atoms with van der Waals surface area (Å²) in [5.41, 5.74) is 1.34. The van der Waals surface area contributed by atoms with E-state index in [-0.39, 0.29) is 42.7 Å². The quantitative estimate of drug-likeness (QED) is 0.793. The van der Waals surface area contributed by atoms with E-state index in [0.717, 1.165) is 5.56 Å². The lowest BCUT2D eigenvalue weighted by Crippen LogP contribution is -2.45. The number of rotatable bonds is 3. The van der Waals surface area contributed by atoms with Gasteiger partial charge in [0.05, 0.1) is 24.5 Å². The molecule has 0 N–H and O–H groups in total. The number of nitrogens with zero attached hydrogens (tertiary/aromatic N) is 2. The van der Waals surface area contributed by atoms with Crippen molar-refractivity contribution in [2.24, 2.45) is 5.92 Å². The van der Waals surface area contributed by atoms with Gasteiger partial charge in [-0.05, 0) is 30.2 Å². The average molecular weight is 384 g/mol. The standard InChI is InChI=1S/C18H25FN2O4S/c1-12(2)18(22)20-10-16-17(11-20)25-4-5-26(23,24)21(16)9-14-6-13(3)7-15(19)8-14/h6-8,12,16-17H,4-5,9-11H2,1-3H3/t16-,17+/m1/s1. The van der Waals surface area contributed by atoms with E-state index in [2.05, 4.69) is 0 Å². The van der Waals surface area contributed by atoms with E-state index >= 15 is 0 Å². The van der Waals surface area contributed by atoms with Crippen molar-refractivity contribution in [3.63, 3.8) is 0 Å². The van der Waals surface area contributed by atoms with E-state index in [4.69, 9.17) is 4.74 Å². The van der Waals surface area contributed by atoms with Gasteiger partial charge in [0.25, 0.3) is 0 Å². The second-order valence-electron chi connectivity index (χ2n) is 7.37. The van der Waals surface area contributed by atoms with Crippen LogP contribution in [-0.2, 0) is 26.1 Å². The molecule has 0 aromatic heterocycles. The van der Waals surface area contributed by atoms with Crippen molar-refractivity contribution in [2.45, 2.75) is 39.5 Å². The van der Waals surface area contributed by atoms with Crippen LogP contribution in [0.4, 0.5) is 4.39 Å². The van der Waals surface area contributed by atoms with Crippen LogP contribution in [0, 0.1) is 18.7 Å². The van der Waals surface area contributed by atoms with Crippen LogP contribution in [0.5, 0.6) is 0 Å². The molecular formula is C18H25FN2O4S. The van der Waals surface area contributed by atoms with E-state index in [9.17, 15) is 17.6 Å². The normalized spacial score (nSPS) is 26.0. The van der Waals surface area contributed by atoms with Crippen molar-refractivity contribution in [2.75, 3.05) is 25.4 Å². The minimum atomic E-state index is -3.56. The summed E-state index contributed by atoms with van der Waals surface area (Å²) in [4.78, 5) is 14.0. The summed E-state index contributed by atoms with van der Waals surface area (Å²) in [7, 11) is -3.56. The molecule has 1 aromatic carbocycles. The Morgan fingerprint density at radius 1 is 1.31 bits per heavy atom. The Morgan fingerprint density at radius 2 is 2.04 bits per heavy atom. The first-order valence-corrected chi connectivity index (χ1v) is 10.4. The molecular weight excluding hydrogens is 359 g/mol. The van der Waals surface area contributed by atoms with Gasteiger partial charge < -0.3 is 9.64 Å². The number of carbonyl (C=O) groups is 1. The van der Waals surface area contributed by atoms with Gasteiger partial charge in [0.2, 0.25) is 15.9 Å². The van der Waals surface area contributed by atoms with Gasteiger partial charge in [-0.15, -0.1) is 0 Å². The van der Waals surface area contributed by atoms with Crippen molar-refractivity contribution in [3.8, 4) is 0 Å². The molecule has 2 aliphatic heterocycles. The maximum Gasteiger partial charge on any atom is 0.225 e. The number of likely N-dealkylation sites (tertiary alicyclic amines) is 1. The van der Waals surface area contributed by atoms with Crippen molar-refractivity contribution >= 4 is 15.9 Å². The molecule has 0 unspecified atom stereocenters. The number of benzene rings is 1. The molecule has 3 rings (SSSR count). The van der Waals surface area contributed by atoms with Gasteiger partial charge >= 0.3 is 0 Å². The number of carbonyl (C=O) groups excluding carboxylic acids is 1. The van der Waals surface area contributed by atoms with E-state index < -0.39 is 16.1 Å². The van der Waals surface area contributed by atoms with E-state index in [0.29, 0.717) is 18.7 Å². The Kier molecular flexibility index (Phi) is 5.37. The third-order valence-corrected chi connectivity index (χ3v) is 6.68. The number of amides is 1. The number of hydrogen-bond acceptors (Lipinski definition) is 4. The van der Waals surface area contributed by atoms with Gasteiger partial charge in [0.1, 0.15) is 5.82 Å². The third-order valence-electron chi connectivity index (χ3n) is 4.88. The molecule has 0 aliphatic carbocycles. The first kappa shape index (κ1) is 19.3. The molecule has 6 nitrogen and oxygen atoms in total. The molecule has 2 heterocycles. The van der Waals surface area contributed by atoms with E-state index in [1.807, 2.05) is 13.8 Å². The molecule has 1 amide bonds. The molecule has 2 fully saturated rings. The molecule has 8 heteroatoms. The Bertz CT molecular complexity index is 776. The average Bonchev–Trinajstić information content (AvgIpc) is 2.89. The Hall–Kier alpha value is -1.51. The third kappa shape index (κ3) is 3.92. The molecule has 26 heavy (non-hydrogen) atoms. The first-order valence-electron chi connectivity index (χ1n) is 8.83. The molecule has 0 saturated carbocycles. The molecule has 2 aliphatic rings. The minimum Gasteiger partial charge on any atom is -0.374 e. The molecule has 2 atom stereocenters. The molecule has 0 bridgehead atoms. The summed E-state index contributed by atoms with van der Waals surface area (Å²) in [5, 5.41) is 0. The van der Waals surface area contributed by atoms with Gasteiger partial charge in [-0.25, -0.2) is 12.8 Å². The monoisotopic (exact) mass is 384 g/mol. The fraction of sp³-hybridized carbons (Fsp3) is 0.611. The van der Waals surface area contributed by atoms with E-state index in [1.54, 1.807) is 17.9 Å². The lowest BCUT2D eigenvalue weighted by atomic mass is 10.1. The molecule has 0 radical (unpaired) electrons. The topological polar surface area (TPSA) is 66.9 Å². The fourth-order valence-electron chi connectivity index (χ4n) is 3.67. The predicted octanol–water partition coefficient (Wildman–Crippen LogP) is 1.53. The summed E-state index contributed by atoms with van der Waals surface area (Å²) in [6.07, 6.45) is -0.357. The van der Waals surface area contributed by atoms with Crippen molar-refractivity contribution in [3.05, 3.63) is 35.1 Å². The van der Waals surface area contributed by atoms with Crippen LogP contribution < -0.4 is 0 Å². The number of halogens is 1. The summed E-state index contributed by atoms with van der Waals surface area (Å²) in [6, 6.07) is 4.10. The molecule has 0 spiro atoms. The van der Waals surface area contributed by atoms with Gasteiger partial charge in [-0.2, -0.15) is 4.31 Å². The first-order chi connectivity index (χ1) is 12.2. The van der Waals surface area contributed by atoms with Gasteiger partial charge in [-0.1, -0.05) is 19.9 Å². The number of aryl methyl sites for hydroxylation is 1. The summed E-state index contributed by atoms with van der Waals surface area (Å²) in [6.45, 7) is 6.28. The highest BCUT2D eigenvalue weighted by Gasteiger charge is 2.45. The van der Waals surface area contributed by atoms with Crippen LogP contribution >= 0.6 is 0 Å². The highest BCUT2D eigenvalue weighted by atomic mass is 32.2. The van der Waals surface area contributed by atoms with Crippen LogP contribution in [0.15, 0.2) is 18.2 Å². The van der Waals surface area contributed by atoms with Crippen molar-refractivity contribution in [1.29, 1.82) is 0 Å². The highest BCUT2D eigenvalue weighted by molar-refractivity contribution is 7.89. The molecule has 144 valence electrons. The Morgan fingerprint density at radius 3 is 2.69 bits per heavy atom. The van der Waals surface area contributed by atoms with Crippen LogP contribution in [0.3, 0.4) is 0 Å². The largest absolute Gasteiger partial charge is 0.374 e. The van der Waals surface area contributed by atoms with Gasteiger partial charge in [-0.3, -0.25) is 4.79 Å². The van der Waals surface area contributed by atoms with Gasteiger partial charge in [0.15, 0.2) is 0 Å². The SMILES string of the molecule is Cc1cc(F)cc(CN2[C@@H]3CN(C(=O)C(C)C)C[C@@H]3OCCS2(=O)=O)c1. The summed E-state index contributed by atoms with van der Waals surface area (Å²) < 4.78 is 46.4. The van der Waals surface area contributed by atoms with Crippen molar-refractivity contribution in [1.82, 2.24) is 9.21 Å². The number of sulfonamides is 1. The zero-order chi connectivity index (χ0) is 19.1. The minimum absolute atomic E-state index is 0.0133. The second-order valence-corrected chi connectivity index (χ2v) is 9.41. The van der Waals surface area contributed by atoms with Crippen LogP contribution in [0.25, 0.3) is 0 Å². The van der Waals surface area contributed by atoms with Crippen molar-refractivity contribution < 1.29 is 22.3 Å². The number of fused-ring (bicyclic) bond motifs is 1. The van der Waals surface area contributed by atoms with Crippen LogP contribution in [0.1, 0.15) is 25.0 Å². The maximum atomic E-state index is 13.7. The second kappa shape index (κ2) is 7.25. The number of hydrogen-bond donors (Lipinski definition) is 0. The fourth-order valence-corrected chi connectivity index (χ4v) is 5.17. The summed E-state index contributed by atoms with van der Waals surface area (Å²) >= 11 is 0. The van der Waals surface area contributed by atoms with Crippen LogP contribution in [0.2, 0.25) is 0 Å². The van der Waals surface area contributed by atoms with Crippen LogP contribution in [-0.4, -0.2) is 61.1 Å². The Labute approximate surface area is 154 Å². The highest BCUT2D eigenvalue weighted by Crippen LogP contribution is 2.28. The van der Waals surface area contributed by atoms with E-state index in [1.165, 1.54) is 16.4 Å². The maximum absolute atomic E-state index is 13.7. The lowest BCUT2D eigenvalue weighted by Gasteiger charge is -2.28. The zero-order valence-electron chi connectivity index (χ0n) is 15.3. The zero-order valence-corrected chi connectivity index (χ0v) is 16.1. The predicted molar refractivity (Wildman–Crippen MR) is 95.4 cm³/mol. The van der Waals surface area contributed by atoms with Gasteiger partial charge in [0, 0.05) is 25.6 Å². The Balaban J connectivity index is 1.90. The lowest BCUT2D eigenvalue weighted by molar-refractivity contribution is -0.133. The smallest absolute Gasteiger partial charge is 0.225 e. The molecule has 2 saturated heterocycles. The molecule has 1 aromatic rings. The summed E-state index contributed by atoms with van der Waals surface area (Å²) in [5.74, 6) is -0.663.